The van der Waals surface area contributed by atoms with Crippen LogP contribution in [0.5, 0.6) is 11.5 Å². The minimum absolute atomic E-state index is 0.0283. The van der Waals surface area contributed by atoms with Crippen LogP contribution in [-0.4, -0.2) is 25.5 Å². The number of hydrogen-bond acceptors (Lipinski definition) is 4. The van der Waals surface area contributed by atoms with Gasteiger partial charge in [-0.1, -0.05) is 6.07 Å². The van der Waals surface area contributed by atoms with E-state index in [1.165, 1.54) is 0 Å². The molecule has 0 fully saturated rings. The van der Waals surface area contributed by atoms with Crippen LogP contribution in [0, 0.1) is 0 Å². The molecule has 6 nitrogen and oxygen atoms in total. The van der Waals surface area contributed by atoms with Crippen molar-refractivity contribution in [2.45, 2.75) is 6.54 Å². The monoisotopic (exact) mass is 312 g/mol. The lowest BCUT2D eigenvalue weighted by Crippen LogP contribution is -2.26. The first-order chi connectivity index (χ1) is 11.2. The Labute approximate surface area is 133 Å². The molecule has 0 aromatic heterocycles. The number of carbonyl (C=O) groups excluding carboxylic acids is 2. The average Bonchev–Trinajstić information content (AvgIpc) is 2.59. The van der Waals surface area contributed by atoms with E-state index in [0.717, 1.165) is 5.56 Å². The number of ether oxygens (including phenoxy) is 2. The Morgan fingerprint density at radius 2 is 2.04 bits per heavy atom. The van der Waals surface area contributed by atoms with Crippen molar-refractivity contribution in [3.8, 4) is 11.5 Å². The Bertz CT molecular complexity index is 741. The summed E-state index contributed by atoms with van der Waals surface area (Å²) in [6.07, 6.45) is 0. The zero-order valence-corrected chi connectivity index (χ0v) is 12.6. The molecule has 2 N–H and O–H groups in total. The molecule has 1 heterocycles. The maximum atomic E-state index is 12.1. The number of rotatable bonds is 4. The molecular formula is C17H16N2O4. The Kier molecular flexibility index (Phi) is 4.14. The molecule has 2 aromatic rings. The quantitative estimate of drug-likeness (QED) is 0.905. The zero-order valence-electron chi connectivity index (χ0n) is 12.6. The predicted molar refractivity (Wildman–Crippen MR) is 84.7 cm³/mol. The van der Waals surface area contributed by atoms with Crippen LogP contribution in [0.15, 0.2) is 42.5 Å². The van der Waals surface area contributed by atoms with Crippen molar-refractivity contribution in [1.82, 2.24) is 5.32 Å². The fourth-order valence-electron chi connectivity index (χ4n) is 2.27. The van der Waals surface area contributed by atoms with Gasteiger partial charge in [-0.25, -0.2) is 0 Å². The number of anilines is 1. The van der Waals surface area contributed by atoms with Gasteiger partial charge in [0.05, 0.1) is 12.8 Å². The first-order valence-corrected chi connectivity index (χ1v) is 7.13. The van der Waals surface area contributed by atoms with E-state index in [1.807, 2.05) is 6.07 Å². The van der Waals surface area contributed by atoms with Gasteiger partial charge in [-0.05, 0) is 42.0 Å². The van der Waals surface area contributed by atoms with Crippen molar-refractivity contribution in [2.75, 3.05) is 19.0 Å². The zero-order chi connectivity index (χ0) is 16.2. The highest BCUT2D eigenvalue weighted by atomic mass is 16.5. The molecule has 2 aromatic carbocycles. The molecule has 0 saturated heterocycles. The Balaban J connectivity index is 1.64. The standard InChI is InChI=1S/C17H16N2O4/c1-22-13-5-3-12(4-6-13)17(21)18-9-11-2-7-15-14(8-11)19-16(20)10-23-15/h2-8H,9-10H2,1H3,(H,18,21)(H,19,20). The van der Waals surface area contributed by atoms with E-state index < -0.39 is 0 Å². The number of fused-ring (bicyclic) bond motifs is 1. The van der Waals surface area contributed by atoms with Gasteiger partial charge in [0.15, 0.2) is 6.61 Å². The van der Waals surface area contributed by atoms with Gasteiger partial charge >= 0.3 is 0 Å². The molecule has 0 unspecified atom stereocenters. The molecule has 118 valence electrons. The SMILES string of the molecule is COc1ccc(C(=O)NCc2ccc3c(c2)NC(=O)CO3)cc1. The smallest absolute Gasteiger partial charge is 0.262 e. The Morgan fingerprint density at radius 1 is 1.26 bits per heavy atom. The second-order valence-corrected chi connectivity index (χ2v) is 5.08. The summed E-state index contributed by atoms with van der Waals surface area (Å²) in [7, 11) is 1.58. The number of methoxy groups -OCH3 is 1. The van der Waals surface area contributed by atoms with Crippen LogP contribution in [0.1, 0.15) is 15.9 Å². The molecular weight excluding hydrogens is 296 g/mol. The first kappa shape index (κ1) is 14.9. The van der Waals surface area contributed by atoms with E-state index in [1.54, 1.807) is 43.5 Å². The summed E-state index contributed by atoms with van der Waals surface area (Å²) in [5, 5.41) is 5.58. The molecule has 0 saturated carbocycles. The van der Waals surface area contributed by atoms with Crippen LogP contribution in [0.2, 0.25) is 0 Å². The molecule has 3 rings (SSSR count). The molecule has 2 amide bonds. The van der Waals surface area contributed by atoms with Crippen LogP contribution in [-0.2, 0) is 11.3 Å². The minimum atomic E-state index is -0.183. The largest absolute Gasteiger partial charge is 0.497 e. The van der Waals surface area contributed by atoms with Gasteiger partial charge < -0.3 is 20.1 Å². The van der Waals surface area contributed by atoms with Crippen molar-refractivity contribution in [2.24, 2.45) is 0 Å². The Morgan fingerprint density at radius 3 is 2.78 bits per heavy atom. The van der Waals surface area contributed by atoms with Crippen molar-refractivity contribution >= 4 is 17.5 Å². The third-order valence-electron chi connectivity index (χ3n) is 3.48. The van der Waals surface area contributed by atoms with Crippen molar-refractivity contribution in [3.05, 3.63) is 53.6 Å². The van der Waals surface area contributed by atoms with Gasteiger partial charge in [-0.2, -0.15) is 0 Å². The molecule has 6 heteroatoms. The van der Waals surface area contributed by atoms with Gasteiger partial charge in [-0.15, -0.1) is 0 Å². The number of nitrogens with one attached hydrogen (secondary N) is 2. The topological polar surface area (TPSA) is 76.7 Å². The minimum Gasteiger partial charge on any atom is -0.497 e. The summed E-state index contributed by atoms with van der Waals surface area (Å²) in [4.78, 5) is 23.4. The maximum absolute atomic E-state index is 12.1. The number of hydrogen-bond donors (Lipinski definition) is 2. The van der Waals surface area contributed by atoms with Crippen LogP contribution in [0.4, 0.5) is 5.69 Å². The molecule has 1 aliphatic heterocycles. The lowest BCUT2D eigenvalue weighted by Gasteiger charge is -2.18. The summed E-state index contributed by atoms with van der Waals surface area (Å²) in [6.45, 7) is 0.383. The summed E-state index contributed by atoms with van der Waals surface area (Å²) in [5.74, 6) is 0.976. The van der Waals surface area contributed by atoms with E-state index in [0.29, 0.717) is 29.3 Å². The molecule has 23 heavy (non-hydrogen) atoms. The van der Waals surface area contributed by atoms with Crippen molar-refractivity contribution < 1.29 is 19.1 Å². The number of benzene rings is 2. The third kappa shape index (κ3) is 3.42. The van der Waals surface area contributed by atoms with Crippen LogP contribution >= 0.6 is 0 Å². The predicted octanol–water partition coefficient (Wildman–Crippen LogP) is 1.96. The van der Waals surface area contributed by atoms with Crippen LogP contribution < -0.4 is 20.1 Å². The maximum Gasteiger partial charge on any atom is 0.262 e. The first-order valence-electron chi connectivity index (χ1n) is 7.13. The lowest BCUT2D eigenvalue weighted by molar-refractivity contribution is -0.118. The normalized spacial score (nSPS) is 12.7. The van der Waals surface area contributed by atoms with Gasteiger partial charge in [0.25, 0.3) is 11.8 Å². The van der Waals surface area contributed by atoms with E-state index in [-0.39, 0.29) is 18.4 Å². The summed E-state index contributed by atoms with van der Waals surface area (Å²) in [6, 6.07) is 12.3. The third-order valence-corrected chi connectivity index (χ3v) is 3.48. The summed E-state index contributed by atoms with van der Waals surface area (Å²) >= 11 is 0. The lowest BCUT2D eigenvalue weighted by atomic mass is 10.1. The summed E-state index contributed by atoms with van der Waals surface area (Å²) < 4.78 is 10.4. The van der Waals surface area contributed by atoms with Crippen molar-refractivity contribution in [1.29, 1.82) is 0 Å². The average molecular weight is 312 g/mol. The number of amides is 2. The van der Waals surface area contributed by atoms with Gasteiger partial charge in [0.1, 0.15) is 11.5 Å². The van der Waals surface area contributed by atoms with Gasteiger partial charge in [0, 0.05) is 12.1 Å². The fraction of sp³-hybridized carbons (Fsp3) is 0.176. The van der Waals surface area contributed by atoms with E-state index >= 15 is 0 Å². The van der Waals surface area contributed by atoms with E-state index in [4.69, 9.17) is 9.47 Å². The highest BCUT2D eigenvalue weighted by Crippen LogP contribution is 2.28. The molecule has 0 radical (unpaired) electrons. The second kappa shape index (κ2) is 6.39. The molecule has 0 aliphatic carbocycles. The van der Waals surface area contributed by atoms with Crippen LogP contribution in [0.3, 0.4) is 0 Å². The Hall–Kier alpha value is -3.02. The molecule has 0 spiro atoms. The van der Waals surface area contributed by atoms with Crippen molar-refractivity contribution in [3.63, 3.8) is 0 Å². The highest BCUT2D eigenvalue weighted by Gasteiger charge is 2.16. The highest BCUT2D eigenvalue weighted by molar-refractivity contribution is 5.96. The molecule has 0 bridgehead atoms. The fourth-order valence-corrected chi connectivity index (χ4v) is 2.27. The molecule has 1 aliphatic rings. The van der Waals surface area contributed by atoms with E-state index in [9.17, 15) is 9.59 Å². The summed E-state index contributed by atoms with van der Waals surface area (Å²) in [5.41, 5.74) is 2.05. The number of carbonyl (C=O) groups is 2. The van der Waals surface area contributed by atoms with Gasteiger partial charge in [-0.3, -0.25) is 9.59 Å². The van der Waals surface area contributed by atoms with E-state index in [2.05, 4.69) is 10.6 Å². The second-order valence-electron chi connectivity index (χ2n) is 5.08. The van der Waals surface area contributed by atoms with Crippen LogP contribution in [0.25, 0.3) is 0 Å². The van der Waals surface area contributed by atoms with Gasteiger partial charge in [0.2, 0.25) is 0 Å². The molecule has 0 atom stereocenters.